The van der Waals surface area contributed by atoms with Crippen LogP contribution < -0.4 is 11.5 Å². The number of carbonyl (C=O) groups is 1. The highest BCUT2D eigenvalue weighted by molar-refractivity contribution is 7.99. The van der Waals surface area contributed by atoms with Crippen molar-refractivity contribution in [1.29, 1.82) is 15.8 Å². The minimum Gasteiger partial charge on any atom is -0.463 e. The summed E-state index contributed by atoms with van der Waals surface area (Å²) in [4.78, 5) is 17.5. The van der Waals surface area contributed by atoms with Crippen molar-refractivity contribution >= 4 is 35.1 Å². The molecule has 0 bridgehead atoms. The lowest BCUT2D eigenvalue weighted by atomic mass is 9.83. The number of nitrogen functional groups attached to an aromatic ring is 1. The summed E-state index contributed by atoms with van der Waals surface area (Å²) >= 11 is 7.46. The van der Waals surface area contributed by atoms with Crippen LogP contribution >= 0.6 is 23.4 Å². The number of halogens is 2. The second-order valence-electron chi connectivity index (χ2n) is 8.45. The van der Waals surface area contributed by atoms with Gasteiger partial charge in [-0.2, -0.15) is 15.8 Å². The number of carbonyl (C=O) groups excluding carboxylic acids is 1. The van der Waals surface area contributed by atoms with E-state index in [1.165, 1.54) is 24.3 Å². The standard InChI is InChI=1S/C29H20ClFN6O3S/c1-2-39-29(38)25-22(40-27(36)19(12-33)24(25)17-5-3-4-6-21(17)30)14-41-28-20(13-34)23(18(11-32)26(35)37-28)15-7-9-16(31)10-8-15/h3-10,24H,2,14,36H2,1H3,(H2,35,37). The predicted octanol–water partition coefficient (Wildman–Crippen LogP) is 5.28. The number of anilines is 1. The van der Waals surface area contributed by atoms with Gasteiger partial charge >= 0.3 is 5.97 Å². The number of allylic oxidation sites excluding steroid dienone is 1. The van der Waals surface area contributed by atoms with Crippen molar-refractivity contribution < 1.29 is 18.7 Å². The molecule has 4 rings (SSSR count). The Balaban J connectivity index is 1.86. The number of pyridine rings is 1. The van der Waals surface area contributed by atoms with Gasteiger partial charge in [0.05, 0.1) is 29.4 Å². The maximum atomic E-state index is 13.6. The van der Waals surface area contributed by atoms with E-state index in [9.17, 15) is 25.0 Å². The average Bonchev–Trinajstić information content (AvgIpc) is 2.96. The van der Waals surface area contributed by atoms with E-state index >= 15 is 0 Å². The molecular formula is C29H20ClFN6O3S. The molecule has 0 aliphatic carbocycles. The molecule has 204 valence electrons. The maximum absolute atomic E-state index is 13.6. The molecule has 1 atom stereocenters. The average molecular weight is 587 g/mol. The van der Waals surface area contributed by atoms with E-state index in [0.717, 1.165) is 11.8 Å². The SMILES string of the molecule is CCOC(=O)C1=C(CSc2nc(N)c(C#N)c(-c3ccc(F)cc3)c2C#N)OC(N)=C(C#N)C1c1ccccc1Cl. The first-order valence-corrected chi connectivity index (χ1v) is 13.4. The number of nitrogens with zero attached hydrogens (tertiary/aromatic N) is 4. The number of rotatable bonds is 7. The summed E-state index contributed by atoms with van der Waals surface area (Å²) in [6, 6.07) is 18.0. The smallest absolute Gasteiger partial charge is 0.338 e. The van der Waals surface area contributed by atoms with E-state index in [1.807, 2.05) is 12.1 Å². The van der Waals surface area contributed by atoms with Crippen LogP contribution in [-0.4, -0.2) is 23.3 Å². The number of hydrogen-bond acceptors (Lipinski definition) is 10. The summed E-state index contributed by atoms with van der Waals surface area (Å²) in [6.45, 7) is 1.68. The van der Waals surface area contributed by atoms with Gasteiger partial charge < -0.3 is 20.9 Å². The zero-order valence-electron chi connectivity index (χ0n) is 21.4. The van der Waals surface area contributed by atoms with Crippen molar-refractivity contribution in [1.82, 2.24) is 4.98 Å². The van der Waals surface area contributed by atoms with Gasteiger partial charge in [-0.3, -0.25) is 0 Å². The molecule has 2 aromatic carbocycles. The molecule has 0 spiro atoms. The highest BCUT2D eigenvalue weighted by Crippen LogP contribution is 2.44. The minimum atomic E-state index is -0.985. The Hall–Kier alpha value is -5.02. The molecule has 0 radical (unpaired) electrons. The molecule has 1 aliphatic rings. The molecule has 0 saturated carbocycles. The second-order valence-corrected chi connectivity index (χ2v) is 9.82. The predicted molar refractivity (Wildman–Crippen MR) is 150 cm³/mol. The second kappa shape index (κ2) is 12.4. The van der Waals surface area contributed by atoms with Crippen molar-refractivity contribution in [3.8, 4) is 29.3 Å². The number of nitriles is 3. The van der Waals surface area contributed by atoms with Crippen LogP contribution in [0.3, 0.4) is 0 Å². The highest BCUT2D eigenvalue weighted by atomic mass is 35.5. The molecule has 1 unspecified atom stereocenters. The minimum absolute atomic E-state index is 0.0112. The van der Waals surface area contributed by atoms with Crippen LogP contribution in [0.25, 0.3) is 11.1 Å². The molecule has 41 heavy (non-hydrogen) atoms. The van der Waals surface area contributed by atoms with Crippen LogP contribution in [0, 0.1) is 39.8 Å². The normalized spacial score (nSPS) is 14.5. The van der Waals surface area contributed by atoms with Gasteiger partial charge in [0.15, 0.2) is 0 Å². The van der Waals surface area contributed by atoms with Crippen molar-refractivity contribution in [2.24, 2.45) is 5.73 Å². The van der Waals surface area contributed by atoms with Crippen molar-refractivity contribution in [2.45, 2.75) is 17.9 Å². The number of benzene rings is 2. The molecule has 12 heteroatoms. The number of ether oxygens (including phenoxy) is 2. The van der Waals surface area contributed by atoms with E-state index in [2.05, 4.69) is 11.1 Å². The summed E-state index contributed by atoms with van der Waals surface area (Å²) in [5.41, 5.74) is 13.2. The van der Waals surface area contributed by atoms with Gasteiger partial charge in [0.2, 0.25) is 5.88 Å². The number of aromatic nitrogens is 1. The Morgan fingerprint density at radius 3 is 2.39 bits per heavy atom. The molecule has 1 aromatic heterocycles. The summed E-state index contributed by atoms with van der Waals surface area (Å²) in [7, 11) is 0. The van der Waals surface area contributed by atoms with Gasteiger partial charge in [0.1, 0.15) is 51.8 Å². The zero-order chi connectivity index (χ0) is 29.7. The fourth-order valence-electron chi connectivity index (χ4n) is 4.32. The lowest BCUT2D eigenvalue weighted by Gasteiger charge is -2.28. The molecule has 0 saturated heterocycles. The number of hydrogen-bond donors (Lipinski definition) is 2. The third kappa shape index (κ3) is 5.66. The number of nitrogens with two attached hydrogens (primary N) is 2. The van der Waals surface area contributed by atoms with Gasteiger partial charge in [-0.25, -0.2) is 14.2 Å². The van der Waals surface area contributed by atoms with E-state index in [4.69, 9.17) is 32.5 Å². The number of thioether (sulfide) groups is 1. The van der Waals surface area contributed by atoms with Crippen LogP contribution in [-0.2, 0) is 14.3 Å². The van der Waals surface area contributed by atoms with Crippen molar-refractivity contribution in [3.05, 3.63) is 98.8 Å². The van der Waals surface area contributed by atoms with Crippen LogP contribution in [0.1, 0.15) is 29.5 Å². The van der Waals surface area contributed by atoms with Crippen LogP contribution in [0.4, 0.5) is 10.2 Å². The molecular weight excluding hydrogens is 567 g/mol. The van der Waals surface area contributed by atoms with Gasteiger partial charge in [-0.05, 0) is 36.2 Å². The Morgan fingerprint density at radius 1 is 1.10 bits per heavy atom. The first-order valence-electron chi connectivity index (χ1n) is 12.0. The molecule has 0 amide bonds. The third-order valence-corrected chi connectivity index (χ3v) is 7.42. The van der Waals surface area contributed by atoms with Gasteiger partial charge in [0, 0.05) is 10.6 Å². The van der Waals surface area contributed by atoms with Gasteiger partial charge in [-0.15, -0.1) is 0 Å². The monoisotopic (exact) mass is 586 g/mol. The summed E-state index contributed by atoms with van der Waals surface area (Å²) < 4.78 is 24.7. The lowest BCUT2D eigenvalue weighted by molar-refractivity contribution is -0.139. The van der Waals surface area contributed by atoms with Crippen LogP contribution in [0.2, 0.25) is 5.02 Å². The lowest BCUT2D eigenvalue weighted by Crippen LogP contribution is -2.27. The van der Waals surface area contributed by atoms with Gasteiger partial charge in [0.25, 0.3) is 0 Å². The first kappa shape index (κ1) is 29.0. The van der Waals surface area contributed by atoms with Crippen molar-refractivity contribution in [2.75, 3.05) is 18.1 Å². The summed E-state index contributed by atoms with van der Waals surface area (Å²) in [6.07, 6.45) is 0. The molecule has 2 heterocycles. The molecule has 3 aromatic rings. The van der Waals surface area contributed by atoms with Gasteiger partial charge in [-0.1, -0.05) is 53.7 Å². The van der Waals surface area contributed by atoms with Crippen molar-refractivity contribution in [3.63, 3.8) is 0 Å². The quantitative estimate of drug-likeness (QED) is 0.274. The Labute approximate surface area is 244 Å². The van der Waals surface area contributed by atoms with E-state index in [0.29, 0.717) is 16.1 Å². The molecule has 4 N–H and O–H groups in total. The first-order chi connectivity index (χ1) is 19.7. The molecule has 1 aliphatic heterocycles. The van der Waals surface area contributed by atoms with E-state index in [1.54, 1.807) is 31.2 Å². The summed E-state index contributed by atoms with van der Waals surface area (Å²) in [5.74, 6) is -2.62. The maximum Gasteiger partial charge on any atom is 0.338 e. The Morgan fingerprint density at radius 2 is 1.78 bits per heavy atom. The van der Waals surface area contributed by atoms with Crippen LogP contribution in [0.5, 0.6) is 0 Å². The Kier molecular flexibility index (Phi) is 8.79. The summed E-state index contributed by atoms with van der Waals surface area (Å²) in [5, 5.41) is 30.2. The highest BCUT2D eigenvalue weighted by Gasteiger charge is 2.38. The number of esters is 1. The molecule has 0 fully saturated rings. The fourth-order valence-corrected chi connectivity index (χ4v) is 5.50. The van der Waals surface area contributed by atoms with E-state index in [-0.39, 0.29) is 62.7 Å². The fraction of sp³-hybridized carbons (Fsp3) is 0.138. The topological polar surface area (TPSA) is 172 Å². The largest absolute Gasteiger partial charge is 0.463 e. The van der Waals surface area contributed by atoms with E-state index < -0.39 is 17.7 Å². The third-order valence-electron chi connectivity index (χ3n) is 6.10. The molecule has 9 nitrogen and oxygen atoms in total. The Bertz CT molecular complexity index is 1740. The zero-order valence-corrected chi connectivity index (χ0v) is 23.0. The van der Waals surface area contributed by atoms with Crippen LogP contribution in [0.15, 0.2) is 76.3 Å².